The fourth-order valence-corrected chi connectivity index (χ4v) is 4.54. The first kappa shape index (κ1) is 19.5. The van der Waals surface area contributed by atoms with Gasteiger partial charge in [-0.2, -0.15) is 0 Å². The summed E-state index contributed by atoms with van der Waals surface area (Å²) in [6.45, 7) is 1.70. The first-order chi connectivity index (χ1) is 13.8. The lowest BCUT2D eigenvalue weighted by Crippen LogP contribution is -2.65. The molecule has 1 saturated heterocycles. The molecule has 1 aliphatic heterocycles. The molecule has 0 amide bonds. The fourth-order valence-electron chi connectivity index (χ4n) is 4.54. The molecule has 2 fully saturated rings. The minimum Gasteiger partial charge on any atom is -0.477 e. The summed E-state index contributed by atoms with van der Waals surface area (Å²) in [4.78, 5) is 4.13. The molecular formula is C22H20F3N3O. The first-order valence-electron chi connectivity index (χ1n) is 9.31. The lowest BCUT2D eigenvalue weighted by atomic mass is 9.53. The van der Waals surface area contributed by atoms with Crippen LogP contribution < -0.4 is 5.73 Å². The van der Waals surface area contributed by atoms with Crippen molar-refractivity contribution in [3.63, 3.8) is 0 Å². The topological polar surface area (TPSA) is 72.0 Å². The normalized spacial score (nSPS) is 24.8. The van der Waals surface area contributed by atoms with Gasteiger partial charge in [0, 0.05) is 40.9 Å². The number of nitrogens with one attached hydrogen (secondary N) is 1. The van der Waals surface area contributed by atoms with E-state index in [1.165, 1.54) is 12.1 Å². The van der Waals surface area contributed by atoms with Crippen LogP contribution in [0.5, 0.6) is 0 Å². The maximum Gasteiger partial charge on any atom is 0.261 e. The van der Waals surface area contributed by atoms with Gasteiger partial charge in [-0.15, -0.1) is 5.92 Å². The van der Waals surface area contributed by atoms with Crippen LogP contribution in [0.4, 0.5) is 13.2 Å². The number of hydrogen-bond acceptors (Lipinski definition) is 4. The molecule has 4 nitrogen and oxygen atoms in total. The van der Waals surface area contributed by atoms with Gasteiger partial charge in [0.2, 0.25) is 0 Å². The Labute approximate surface area is 166 Å². The number of hydrogen-bond donors (Lipinski definition) is 2. The van der Waals surface area contributed by atoms with Crippen LogP contribution in [0.15, 0.2) is 36.7 Å². The van der Waals surface area contributed by atoms with Crippen LogP contribution in [0.1, 0.15) is 37.3 Å². The molecule has 3 unspecified atom stereocenters. The van der Waals surface area contributed by atoms with Gasteiger partial charge in [-0.25, -0.2) is 13.2 Å². The van der Waals surface area contributed by atoms with E-state index in [1.54, 1.807) is 25.4 Å². The molecule has 0 radical (unpaired) electrons. The van der Waals surface area contributed by atoms with Crippen molar-refractivity contribution in [2.75, 3.05) is 0 Å². The van der Waals surface area contributed by atoms with Gasteiger partial charge in [-0.3, -0.25) is 10.4 Å². The summed E-state index contributed by atoms with van der Waals surface area (Å²) in [6, 6.07) is 5.79. The highest BCUT2D eigenvalue weighted by atomic mass is 19.3. The van der Waals surface area contributed by atoms with E-state index >= 15 is 0 Å². The van der Waals surface area contributed by atoms with Gasteiger partial charge in [-0.05, 0) is 43.5 Å². The Bertz CT molecular complexity index is 1050. The number of aromatic nitrogens is 1. The number of alkyl halides is 2. The third-order valence-corrected chi connectivity index (χ3v) is 6.15. The molecule has 1 aromatic carbocycles. The van der Waals surface area contributed by atoms with Crippen LogP contribution in [-0.2, 0) is 10.3 Å². The van der Waals surface area contributed by atoms with E-state index in [9.17, 15) is 13.2 Å². The van der Waals surface area contributed by atoms with Crippen LogP contribution in [0.25, 0.3) is 11.1 Å². The van der Waals surface area contributed by atoms with Crippen LogP contribution in [0.2, 0.25) is 0 Å². The van der Waals surface area contributed by atoms with Crippen molar-refractivity contribution < 1.29 is 17.9 Å². The molecule has 3 atom stereocenters. The van der Waals surface area contributed by atoms with E-state index < -0.39 is 29.3 Å². The van der Waals surface area contributed by atoms with Crippen molar-refractivity contribution in [2.24, 2.45) is 11.1 Å². The van der Waals surface area contributed by atoms with Gasteiger partial charge in [0.25, 0.3) is 6.43 Å². The van der Waals surface area contributed by atoms with Gasteiger partial charge in [0.1, 0.15) is 17.5 Å². The molecule has 3 N–H and O–H groups in total. The quantitative estimate of drug-likeness (QED) is 0.756. The fraction of sp³-hybridized carbons (Fsp3) is 0.364. The highest BCUT2D eigenvalue weighted by molar-refractivity contribution is 5.77. The van der Waals surface area contributed by atoms with Gasteiger partial charge >= 0.3 is 0 Å². The minimum absolute atomic E-state index is 0.0225. The predicted octanol–water partition coefficient (Wildman–Crippen LogP) is 4.22. The van der Waals surface area contributed by atoms with E-state index in [0.717, 1.165) is 6.07 Å². The predicted molar refractivity (Wildman–Crippen MR) is 103 cm³/mol. The number of fused-ring (bicyclic) bond motifs is 1. The van der Waals surface area contributed by atoms with E-state index in [0.29, 0.717) is 29.5 Å². The smallest absolute Gasteiger partial charge is 0.261 e. The summed E-state index contributed by atoms with van der Waals surface area (Å²) >= 11 is 0. The molecule has 2 heterocycles. The first-order valence-corrected chi connectivity index (χ1v) is 9.31. The molecule has 2 aromatic rings. The summed E-state index contributed by atoms with van der Waals surface area (Å²) in [6.07, 6.45) is 0.394. The highest BCUT2D eigenvalue weighted by Crippen LogP contribution is 2.62. The minimum atomic E-state index is -3.03. The Balaban J connectivity index is 1.85. The van der Waals surface area contributed by atoms with Crippen molar-refractivity contribution >= 4 is 5.90 Å². The molecule has 2 aliphatic rings. The zero-order valence-electron chi connectivity index (χ0n) is 15.8. The molecular weight excluding hydrogens is 379 g/mol. The molecule has 4 rings (SSSR count). The van der Waals surface area contributed by atoms with Crippen molar-refractivity contribution in [3.8, 4) is 23.0 Å². The summed E-state index contributed by atoms with van der Waals surface area (Å²) in [5.41, 5.74) is 4.41. The molecule has 1 saturated carbocycles. The van der Waals surface area contributed by atoms with Crippen LogP contribution in [0.3, 0.4) is 0 Å². The maximum absolute atomic E-state index is 14.9. The van der Waals surface area contributed by atoms with E-state index in [-0.39, 0.29) is 17.9 Å². The average molecular weight is 399 g/mol. The van der Waals surface area contributed by atoms with Gasteiger partial charge in [0.05, 0.1) is 0 Å². The molecule has 29 heavy (non-hydrogen) atoms. The number of nitrogens with two attached hydrogens (primary N) is 1. The largest absolute Gasteiger partial charge is 0.477 e. The standard InChI is InChI=1S/C22H20F3N3O/c1-2-3-13-8-15(12-28-11-13)14-4-5-17(23)16(9-14)22(27,20(24)25)21-7-6-18(21)29-19(26)10-21/h4-5,8-9,11-12,18,20,26H,6-7,10,27H2,1H3. The van der Waals surface area contributed by atoms with Crippen LogP contribution in [0, 0.1) is 28.5 Å². The Morgan fingerprint density at radius 1 is 1.31 bits per heavy atom. The third kappa shape index (κ3) is 2.82. The summed E-state index contributed by atoms with van der Waals surface area (Å²) in [5.74, 6) is 4.80. The Morgan fingerprint density at radius 3 is 2.72 bits per heavy atom. The molecule has 1 aliphatic carbocycles. The highest BCUT2D eigenvalue weighted by Gasteiger charge is 2.68. The van der Waals surface area contributed by atoms with Crippen molar-refractivity contribution in [2.45, 2.75) is 44.3 Å². The third-order valence-electron chi connectivity index (χ3n) is 6.15. The zero-order chi connectivity index (χ0) is 20.8. The lowest BCUT2D eigenvalue weighted by molar-refractivity contribution is -0.126. The number of ether oxygens (including phenoxy) is 1. The monoisotopic (exact) mass is 399 g/mol. The van der Waals surface area contributed by atoms with E-state index in [1.807, 2.05) is 0 Å². The van der Waals surface area contributed by atoms with Crippen LogP contribution in [-0.4, -0.2) is 23.4 Å². The average Bonchev–Trinajstić information content (AvgIpc) is 2.92. The van der Waals surface area contributed by atoms with E-state index in [2.05, 4.69) is 16.8 Å². The van der Waals surface area contributed by atoms with Gasteiger partial charge in [0.15, 0.2) is 5.90 Å². The molecule has 150 valence electrons. The Kier molecular flexibility index (Phi) is 4.62. The summed E-state index contributed by atoms with van der Waals surface area (Å²) < 4.78 is 49.1. The number of halogens is 3. The zero-order valence-corrected chi connectivity index (χ0v) is 15.8. The number of benzene rings is 1. The summed E-state index contributed by atoms with van der Waals surface area (Å²) in [5, 5.41) is 7.81. The van der Waals surface area contributed by atoms with Gasteiger partial charge in [-0.1, -0.05) is 12.0 Å². The number of rotatable bonds is 4. The number of nitrogens with zero attached hydrogens (tertiary/aromatic N) is 1. The van der Waals surface area contributed by atoms with Gasteiger partial charge < -0.3 is 10.5 Å². The van der Waals surface area contributed by atoms with Crippen molar-refractivity contribution in [3.05, 3.63) is 53.6 Å². The summed E-state index contributed by atoms with van der Waals surface area (Å²) in [7, 11) is 0. The SMILES string of the molecule is CC#Cc1cncc(-c2ccc(F)c(C(N)(C(F)F)C34CCC3OC(=N)C4)c2)c1. The maximum atomic E-state index is 14.9. The number of pyridine rings is 1. The van der Waals surface area contributed by atoms with Crippen molar-refractivity contribution in [1.82, 2.24) is 4.98 Å². The Morgan fingerprint density at radius 2 is 2.10 bits per heavy atom. The van der Waals surface area contributed by atoms with Crippen LogP contribution >= 0.6 is 0 Å². The second kappa shape index (κ2) is 6.89. The lowest BCUT2D eigenvalue weighted by Gasteiger charge is -2.53. The molecule has 1 aromatic heterocycles. The van der Waals surface area contributed by atoms with Crippen molar-refractivity contribution in [1.29, 1.82) is 5.41 Å². The molecule has 0 spiro atoms. The second-order valence-electron chi connectivity index (χ2n) is 7.60. The second-order valence-corrected chi connectivity index (χ2v) is 7.60. The molecule has 7 heteroatoms. The molecule has 0 bridgehead atoms. The Hall–Kier alpha value is -2.85. The van der Waals surface area contributed by atoms with E-state index in [4.69, 9.17) is 15.9 Å².